The Kier molecular flexibility index (Phi) is 137. The average molecular weight is 1000 g/mol. The summed E-state index contributed by atoms with van der Waals surface area (Å²) >= 11 is 0. The van der Waals surface area contributed by atoms with Crippen molar-refractivity contribution in [3.8, 4) is 0 Å². The van der Waals surface area contributed by atoms with E-state index in [-0.39, 0.29) is 192 Å². The Morgan fingerprint density at radius 3 is 0.636 bits per heavy atom. The van der Waals surface area contributed by atoms with Crippen LogP contribution in [0.2, 0.25) is 0 Å². The molecule has 0 unspecified atom stereocenters. The van der Waals surface area contributed by atoms with Crippen molar-refractivity contribution >= 4 is 17.9 Å². The molecule has 0 aromatic rings. The van der Waals surface area contributed by atoms with Gasteiger partial charge in [0.1, 0.15) is 0 Å². The van der Waals surface area contributed by atoms with Gasteiger partial charge in [-0.3, -0.25) is 32.1 Å². The van der Waals surface area contributed by atoms with Crippen LogP contribution in [0.3, 0.4) is 0 Å². The molecule has 0 bridgehead atoms. The molecule has 0 amide bonds. The minimum absolute atomic E-state index is 0. The van der Waals surface area contributed by atoms with Gasteiger partial charge >= 0.3 is 175 Å². The normalized spacial score (nSPS) is 11.1. The summed E-state index contributed by atoms with van der Waals surface area (Å²) in [6.07, 6.45) is 25.8. The van der Waals surface area contributed by atoms with Gasteiger partial charge < -0.3 is 14.2 Å². The van der Waals surface area contributed by atoms with Gasteiger partial charge in [0.25, 0.3) is 0 Å². The Morgan fingerprint density at radius 2 is 0.545 bits per heavy atom. The topological polar surface area (TPSA) is 78.9 Å². The monoisotopic (exact) mass is 1000 g/mol. The van der Waals surface area contributed by atoms with E-state index < -0.39 is 0 Å². The zero-order chi connectivity index (χ0) is 42.4. The number of carbonyl (C=O) groups is 3. The van der Waals surface area contributed by atoms with E-state index in [1.54, 1.807) is 41.5 Å². The third kappa shape index (κ3) is 85.3. The van der Waals surface area contributed by atoms with Crippen molar-refractivity contribution in [1.29, 1.82) is 0 Å². The molecule has 0 aromatic carbocycles. The number of ether oxygens (including phenoxy) is 3. The summed E-state index contributed by atoms with van der Waals surface area (Å²) < 4.78 is 14.2. The van der Waals surface area contributed by atoms with E-state index in [1.165, 1.54) is 83.5 Å². The fourth-order valence-corrected chi connectivity index (χ4v) is 3.55. The molecule has 0 aromatic heterocycles. The van der Waals surface area contributed by atoms with Crippen molar-refractivity contribution in [3.63, 3.8) is 0 Å². The second-order valence-electron chi connectivity index (χ2n) is 10.5. The van der Waals surface area contributed by atoms with Crippen LogP contribution in [0, 0.1) is 17.8 Å². The zero-order valence-electron chi connectivity index (χ0n) is 42.0. The van der Waals surface area contributed by atoms with Crippen LogP contribution in [0.15, 0.2) is 12.2 Å². The largest absolute Gasteiger partial charge is 1.00 e. The average Bonchev–Trinajstić information content (AvgIpc) is 4.07. The first-order valence-electron chi connectivity index (χ1n) is 21.8. The van der Waals surface area contributed by atoms with E-state index in [1.807, 2.05) is 90.0 Å². The van der Waals surface area contributed by atoms with Crippen molar-refractivity contribution < 1.29 is 203 Å². The molecule has 0 atom stereocenters. The molecule has 320 valence electrons. The molecule has 0 saturated heterocycles. The number of rotatable bonds is 9. The SMILES string of the molecule is C1=CCCC1.C1CCCC1.C1CCCC1.CC.CC.CC.CC.CC.CCOC(=O)[C-](C)CC.CCOC(=O)[C-](C)CC.CCOC(=O)[C-](C)CC.[Rb+].[Rb+].[Rb+]. The predicted molar refractivity (Wildman–Crippen MR) is 233 cm³/mol. The Morgan fingerprint density at radius 1 is 0.382 bits per heavy atom. The van der Waals surface area contributed by atoms with Crippen LogP contribution in [0.1, 0.15) is 234 Å². The summed E-state index contributed by atoms with van der Waals surface area (Å²) in [6.45, 7) is 38.0. The molecule has 3 aliphatic carbocycles. The van der Waals surface area contributed by atoms with Gasteiger partial charge in [0.05, 0.1) is 19.8 Å². The van der Waals surface area contributed by atoms with Crippen LogP contribution in [-0.4, -0.2) is 37.7 Å². The van der Waals surface area contributed by atoms with Crippen LogP contribution < -0.4 is 175 Å². The van der Waals surface area contributed by atoms with Gasteiger partial charge in [-0.25, -0.2) is 0 Å². The van der Waals surface area contributed by atoms with Crippen molar-refractivity contribution in [1.82, 2.24) is 0 Å². The molecule has 0 spiro atoms. The molecule has 2 saturated carbocycles. The molecule has 0 aliphatic heterocycles. The molecule has 0 heterocycles. The third-order valence-electron chi connectivity index (χ3n) is 6.87. The second kappa shape index (κ2) is 88.4. The first-order chi connectivity index (χ1) is 25.2. The molecule has 3 aliphatic rings. The summed E-state index contributed by atoms with van der Waals surface area (Å²) in [4.78, 5) is 32.1. The van der Waals surface area contributed by atoms with Gasteiger partial charge in [0.2, 0.25) is 0 Å². The summed E-state index contributed by atoms with van der Waals surface area (Å²) in [5.74, 6) is 1.87. The Bertz CT molecular complexity index is 553. The number of esters is 3. The quantitative estimate of drug-likeness (QED) is 0.115. The minimum Gasteiger partial charge on any atom is -0.488 e. The molecule has 2 fully saturated rings. The Hall–Kier alpha value is 3.18. The Labute approximate surface area is 495 Å². The molecule has 55 heavy (non-hydrogen) atoms. The van der Waals surface area contributed by atoms with Gasteiger partial charge in [-0.15, -0.1) is 0 Å². The number of hydrogen-bond donors (Lipinski definition) is 0. The van der Waals surface area contributed by atoms with Crippen LogP contribution >= 0.6 is 0 Å². The smallest absolute Gasteiger partial charge is 0.488 e. The van der Waals surface area contributed by atoms with E-state index in [0.717, 1.165) is 37.0 Å². The molecule has 3 rings (SSSR count). The van der Waals surface area contributed by atoms with E-state index in [9.17, 15) is 14.4 Å². The summed E-state index contributed by atoms with van der Waals surface area (Å²) in [7, 11) is 0. The van der Waals surface area contributed by atoms with Gasteiger partial charge in [0, 0.05) is 0 Å². The number of carbonyl (C=O) groups excluding carboxylic acids is 3. The third-order valence-corrected chi connectivity index (χ3v) is 6.87. The maximum absolute atomic E-state index is 10.7. The van der Waals surface area contributed by atoms with Crippen molar-refractivity contribution in [2.45, 2.75) is 234 Å². The van der Waals surface area contributed by atoms with Crippen molar-refractivity contribution in [2.24, 2.45) is 0 Å². The van der Waals surface area contributed by atoms with Gasteiger partial charge in [-0.05, 0) is 40.0 Å². The first kappa shape index (κ1) is 85.5. The van der Waals surface area contributed by atoms with E-state index in [2.05, 4.69) is 12.2 Å². The summed E-state index contributed by atoms with van der Waals surface area (Å²) in [5, 5.41) is 0. The van der Waals surface area contributed by atoms with Crippen LogP contribution in [-0.2, 0) is 28.6 Å². The van der Waals surface area contributed by atoms with Gasteiger partial charge in [0.15, 0.2) is 17.9 Å². The molecular weight excluding hydrogens is 905 g/mol. The summed E-state index contributed by atoms with van der Waals surface area (Å²) in [5.41, 5.74) is 0. The molecule has 0 radical (unpaired) electrons. The zero-order valence-corrected chi connectivity index (χ0v) is 56.8. The Balaban J connectivity index is -0.0000000448. The second-order valence-corrected chi connectivity index (χ2v) is 10.5. The van der Waals surface area contributed by atoms with Crippen molar-refractivity contribution in [3.05, 3.63) is 29.9 Å². The maximum atomic E-state index is 10.7. The van der Waals surface area contributed by atoms with Crippen molar-refractivity contribution in [2.75, 3.05) is 19.8 Å². The molecular formula is C46H97O6Rb3. The molecule has 9 heteroatoms. The summed E-state index contributed by atoms with van der Waals surface area (Å²) in [6, 6.07) is 0. The van der Waals surface area contributed by atoms with Crippen LogP contribution in [0.5, 0.6) is 0 Å². The van der Waals surface area contributed by atoms with E-state index in [4.69, 9.17) is 14.2 Å². The van der Waals surface area contributed by atoms with Crippen LogP contribution in [0.4, 0.5) is 0 Å². The molecule has 0 N–H and O–H groups in total. The minimum atomic E-state index is -0.167. The number of hydrogen-bond acceptors (Lipinski definition) is 6. The van der Waals surface area contributed by atoms with Gasteiger partial charge in [-0.2, -0.15) is 40.0 Å². The van der Waals surface area contributed by atoms with E-state index >= 15 is 0 Å². The van der Waals surface area contributed by atoms with E-state index in [0.29, 0.717) is 19.8 Å². The van der Waals surface area contributed by atoms with Gasteiger partial charge in [-0.1, -0.05) is 166 Å². The fourth-order valence-electron chi connectivity index (χ4n) is 3.55. The first-order valence-corrected chi connectivity index (χ1v) is 21.8. The maximum Gasteiger partial charge on any atom is 1.00 e. The van der Waals surface area contributed by atoms with Crippen LogP contribution in [0.25, 0.3) is 0 Å². The number of allylic oxidation sites excluding steroid dienone is 2. The predicted octanol–water partition coefficient (Wildman–Crippen LogP) is 6.43. The standard InChI is InChI=1S/3C7H13O2.2C5H10.C5H8.5C2H6.3Rb/c3*1-4-6(3)7(8)9-5-2;3*1-2-4-5-3-1;5*1-2;;;/h3*4-5H2,1-3H3;2*1-5H2;1-2H,3-5H2;5*1-2H3;;;/q3*-1;;;;;;;;;3*+1. The molecule has 6 nitrogen and oxygen atoms in total. The fraction of sp³-hybridized carbons (Fsp3) is 0.826.